The molecule has 4 heteroatoms. The third-order valence-electron chi connectivity index (χ3n) is 3.21. The molecule has 0 unspecified atom stereocenters. The maximum absolute atomic E-state index is 5.98. The minimum atomic E-state index is 0.432. The van der Waals surface area contributed by atoms with E-state index in [0.717, 1.165) is 25.6 Å². The highest BCUT2D eigenvalue weighted by Gasteiger charge is 2.27. The van der Waals surface area contributed by atoms with Gasteiger partial charge in [0, 0.05) is 36.8 Å². The number of rotatable bonds is 5. The first-order valence-electron chi connectivity index (χ1n) is 6.01. The molecule has 90 valence electrons. The van der Waals surface area contributed by atoms with Crippen LogP contribution < -0.4 is 0 Å². The predicted octanol–water partition coefficient (Wildman–Crippen LogP) is 2.35. The fourth-order valence-corrected chi connectivity index (χ4v) is 2.79. The Kier molecular flexibility index (Phi) is 3.87. The lowest BCUT2D eigenvalue weighted by molar-refractivity contribution is 0.204. The van der Waals surface area contributed by atoms with E-state index in [1.54, 1.807) is 0 Å². The predicted molar refractivity (Wildman–Crippen MR) is 66.6 cm³/mol. The zero-order chi connectivity index (χ0) is 11.5. The average molecular weight is 242 g/mol. The molecule has 0 radical (unpaired) electrons. The first-order chi connectivity index (χ1) is 7.67. The van der Waals surface area contributed by atoms with Crippen LogP contribution in [0.3, 0.4) is 0 Å². The highest BCUT2D eigenvalue weighted by atomic mass is 35.5. The summed E-state index contributed by atoms with van der Waals surface area (Å²) in [7, 11) is 2.17. The topological polar surface area (TPSA) is 21.1 Å². The Morgan fingerprint density at radius 3 is 2.88 bits per heavy atom. The molecule has 1 fully saturated rings. The van der Waals surface area contributed by atoms with Crippen molar-refractivity contribution in [3.63, 3.8) is 0 Å². The van der Waals surface area contributed by atoms with Gasteiger partial charge in [0.1, 0.15) is 0 Å². The average Bonchev–Trinajstić information content (AvgIpc) is 2.63. The fraction of sp³-hybridized carbons (Fsp3) is 0.750. The van der Waals surface area contributed by atoms with Gasteiger partial charge < -0.3 is 4.90 Å². The first kappa shape index (κ1) is 11.9. The minimum absolute atomic E-state index is 0.432. The smallest absolute Gasteiger partial charge is 0.0534 e. The van der Waals surface area contributed by atoms with E-state index >= 15 is 0 Å². The van der Waals surface area contributed by atoms with E-state index in [0.29, 0.717) is 5.38 Å². The second-order valence-electron chi connectivity index (χ2n) is 4.84. The Morgan fingerprint density at radius 2 is 2.31 bits per heavy atom. The molecule has 1 aromatic rings. The molecule has 1 aliphatic rings. The summed E-state index contributed by atoms with van der Waals surface area (Å²) < 4.78 is 1.97. The van der Waals surface area contributed by atoms with Gasteiger partial charge in [-0.3, -0.25) is 4.68 Å². The Bertz CT molecular complexity index is 331. The van der Waals surface area contributed by atoms with Crippen LogP contribution in [0.1, 0.15) is 25.3 Å². The summed E-state index contributed by atoms with van der Waals surface area (Å²) >= 11 is 5.98. The largest absolute Gasteiger partial charge is 0.302 e. The van der Waals surface area contributed by atoms with Gasteiger partial charge in [0.05, 0.1) is 6.20 Å². The van der Waals surface area contributed by atoms with Gasteiger partial charge in [-0.05, 0) is 32.7 Å². The van der Waals surface area contributed by atoms with E-state index in [-0.39, 0.29) is 0 Å². The normalized spacial score (nSPS) is 24.8. The standard InChI is InChI=1S/C12H20ClN3/c1-3-16-9-11(6-14-16)8-15(2)7-10-4-12(13)5-10/h6,9-10,12H,3-5,7-8H2,1-2H3. The van der Waals surface area contributed by atoms with Gasteiger partial charge in [0.15, 0.2) is 0 Å². The number of aromatic nitrogens is 2. The molecule has 0 atom stereocenters. The SMILES string of the molecule is CCn1cc(CN(C)CC2CC(Cl)C2)cn1. The third-order valence-corrected chi connectivity index (χ3v) is 3.57. The Balaban J connectivity index is 1.76. The molecule has 0 aromatic carbocycles. The highest BCUT2D eigenvalue weighted by Crippen LogP contribution is 2.32. The number of hydrogen-bond acceptors (Lipinski definition) is 2. The number of aryl methyl sites for hydroxylation is 1. The number of nitrogens with zero attached hydrogens (tertiary/aromatic N) is 3. The Hall–Kier alpha value is -0.540. The quantitative estimate of drug-likeness (QED) is 0.738. The maximum atomic E-state index is 5.98. The molecule has 2 rings (SSSR count). The molecule has 0 aliphatic heterocycles. The van der Waals surface area contributed by atoms with Crippen LogP contribution in [0.15, 0.2) is 12.4 Å². The van der Waals surface area contributed by atoms with Crippen LogP contribution in [-0.4, -0.2) is 33.6 Å². The number of hydrogen-bond donors (Lipinski definition) is 0. The van der Waals surface area contributed by atoms with E-state index in [4.69, 9.17) is 11.6 Å². The van der Waals surface area contributed by atoms with E-state index in [9.17, 15) is 0 Å². The third kappa shape index (κ3) is 2.98. The van der Waals surface area contributed by atoms with Crippen molar-refractivity contribution in [2.45, 2.75) is 38.2 Å². The highest BCUT2D eigenvalue weighted by molar-refractivity contribution is 6.21. The minimum Gasteiger partial charge on any atom is -0.302 e. The summed E-state index contributed by atoms with van der Waals surface area (Å²) in [5.74, 6) is 0.800. The van der Waals surface area contributed by atoms with Gasteiger partial charge in [0.2, 0.25) is 0 Å². The maximum Gasteiger partial charge on any atom is 0.0534 e. The van der Waals surface area contributed by atoms with Crippen LogP contribution in [0.25, 0.3) is 0 Å². The Morgan fingerprint density at radius 1 is 1.56 bits per heavy atom. The lowest BCUT2D eigenvalue weighted by Gasteiger charge is -2.34. The van der Waals surface area contributed by atoms with Crippen LogP contribution in [0.4, 0.5) is 0 Å². The lowest BCUT2D eigenvalue weighted by Crippen LogP contribution is -2.34. The molecular formula is C12H20ClN3. The van der Waals surface area contributed by atoms with Crippen LogP contribution >= 0.6 is 11.6 Å². The lowest BCUT2D eigenvalue weighted by atomic mass is 9.84. The molecule has 0 spiro atoms. The number of halogens is 1. The van der Waals surface area contributed by atoms with Crippen molar-refractivity contribution in [3.8, 4) is 0 Å². The Labute approximate surface area is 102 Å². The summed E-state index contributed by atoms with van der Waals surface area (Å²) in [5, 5.41) is 4.71. The molecule has 0 saturated heterocycles. The van der Waals surface area contributed by atoms with Gasteiger partial charge in [-0.25, -0.2) is 0 Å². The van der Waals surface area contributed by atoms with Gasteiger partial charge in [-0.2, -0.15) is 5.10 Å². The van der Waals surface area contributed by atoms with Crippen molar-refractivity contribution in [2.24, 2.45) is 5.92 Å². The van der Waals surface area contributed by atoms with Gasteiger partial charge in [-0.15, -0.1) is 11.6 Å². The van der Waals surface area contributed by atoms with E-state index < -0.39 is 0 Å². The van der Waals surface area contributed by atoms with Gasteiger partial charge in [0.25, 0.3) is 0 Å². The van der Waals surface area contributed by atoms with E-state index in [1.165, 1.54) is 18.4 Å². The summed E-state index contributed by atoms with van der Waals surface area (Å²) in [6, 6.07) is 0. The summed E-state index contributed by atoms with van der Waals surface area (Å²) in [4.78, 5) is 2.37. The van der Waals surface area contributed by atoms with Crippen molar-refractivity contribution < 1.29 is 0 Å². The molecular weight excluding hydrogens is 222 g/mol. The number of alkyl halides is 1. The van der Waals surface area contributed by atoms with Crippen LogP contribution in [0, 0.1) is 5.92 Å². The first-order valence-corrected chi connectivity index (χ1v) is 6.45. The van der Waals surface area contributed by atoms with E-state index in [2.05, 4.69) is 30.2 Å². The summed E-state index contributed by atoms with van der Waals surface area (Å²) in [6.45, 7) is 5.19. The van der Waals surface area contributed by atoms with E-state index in [1.807, 2.05) is 10.9 Å². The monoisotopic (exact) mass is 241 g/mol. The van der Waals surface area contributed by atoms with Crippen LogP contribution in [0.5, 0.6) is 0 Å². The molecule has 0 N–H and O–H groups in total. The molecule has 1 aromatic heterocycles. The van der Waals surface area contributed by atoms with Crippen molar-refractivity contribution in [3.05, 3.63) is 18.0 Å². The van der Waals surface area contributed by atoms with Gasteiger partial charge >= 0.3 is 0 Å². The van der Waals surface area contributed by atoms with Crippen LogP contribution in [0.2, 0.25) is 0 Å². The molecule has 0 bridgehead atoms. The van der Waals surface area contributed by atoms with Crippen molar-refractivity contribution in [1.82, 2.24) is 14.7 Å². The van der Waals surface area contributed by atoms with Crippen molar-refractivity contribution in [2.75, 3.05) is 13.6 Å². The second-order valence-corrected chi connectivity index (χ2v) is 5.45. The zero-order valence-corrected chi connectivity index (χ0v) is 10.8. The molecule has 1 saturated carbocycles. The summed E-state index contributed by atoms with van der Waals surface area (Å²) in [6.07, 6.45) is 6.45. The molecule has 1 heterocycles. The van der Waals surface area contributed by atoms with Crippen molar-refractivity contribution >= 4 is 11.6 Å². The second kappa shape index (κ2) is 5.19. The van der Waals surface area contributed by atoms with Gasteiger partial charge in [-0.1, -0.05) is 0 Å². The van der Waals surface area contributed by atoms with Crippen LogP contribution in [-0.2, 0) is 13.1 Å². The molecule has 3 nitrogen and oxygen atoms in total. The fourth-order valence-electron chi connectivity index (χ4n) is 2.28. The summed E-state index contributed by atoms with van der Waals surface area (Å²) in [5.41, 5.74) is 1.30. The zero-order valence-electron chi connectivity index (χ0n) is 10.1. The van der Waals surface area contributed by atoms with Crippen molar-refractivity contribution in [1.29, 1.82) is 0 Å². The molecule has 16 heavy (non-hydrogen) atoms. The molecule has 1 aliphatic carbocycles. The molecule has 0 amide bonds.